The maximum atomic E-state index is 11.2. The van der Waals surface area contributed by atoms with E-state index in [-0.39, 0.29) is 11.3 Å². The summed E-state index contributed by atoms with van der Waals surface area (Å²) in [5.41, 5.74) is -0.00713. The van der Waals surface area contributed by atoms with E-state index in [9.17, 15) is 13.2 Å². The molecule has 0 atom stereocenters. The van der Waals surface area contributed by atoms with Crippen molar-refractivity contribution >= 4 is 37.8 Å². The Morgan fingerprint density at radius 3 is 2.40 bits per heavy atom. The maximum absolute atomic E-state index is 11.2. The van der Waals surface area contributed by atoms with Crippen molar-refractivity contribution in [2.75, 3.05) is 9.59 Å². The number of rotatable bonds is 3. The van der Waals surface area contributed by atoms with Crippen LogP contribution in [-0.2, 0) is 10.0 Å². The Morgan fingerprint density at radius 1 is 1.40 bits per heavy atom. The van der Waals surface area contributed by atoms with Crippen LogP contribution in [0.4, 0.5) is 5.69 Å². The summed E-state index contributed by atoms with van der Waals surface area (Å²) in [4.78, 5) is 10.8. The SMILES string of the molecule is CS(=O)(=O)N(Br)c1ccccc1C(=O)O. The van der Waals surface area contributed by atoms with Gasteiger partial charge in [-0.15, -0.1) is 0 Å². The number of hydrogen-bond donors (Lipinski definition) is 1. The van der Waals surface area contributed by atoms with Gasteiger partial charge >= 0.3 is 5.97 Å². The molecule has 0 saturated carbocycles. The smallest absolute Gasteiger partial charge is 0.337 e. The minimum absolute atomic E-state index is 0.0764. The highest BCUT2D eigenvalue weighted by molar-refractivity contribution is 9.11. The van der Waals surface area contributed by atoms with E-state index in [4.69, 9.17) is 5.11 Å². The van der Waals surface area contributed by atoms with Crippen molar-refractivity contribution in [3.8, 4) is 0 Å². The molecule has 1 N–H and O–H groups in total. The van der Waals surface area contributed by atoms with Crippen LogP contribution in [0.1, 0.15) is 10.4 Å². The zero-order valence-electron chi connectivity index (χ0n) is 7.71. The summed E-state index contributed by atoms with van der Waals surface area (Å²) in [7, 11) is -3.53. The molecule has 82 valence electrons. The van der Waals surface area contributed by atoms with Gasteiger partial charge in [0.25, 0.3) is 0 Å². The van der Waals surface area contributed by atoms with E-state index in [1.165, 1.54) is 18.2 Å². The van der Waals surface area contributed by atoms with Crippen molar-refractivity contribution in [2.24, 2.45) is 0 Å². The number of para-hydroxylation sites is 1. The minimum atomic E-state index is -3.53. The van der Waals surface area contributed by atoms with Gasteiger partial charge in [0.1, 0.15) is 0 Å². The van der Waals surface area contributed by atoms with Crippen LogP contribution in [0.3, 0.4) is 0 Å². The third-order valence-corrected chi connectivity index (χ3v) is 4.35. The maximum Gasteiger partial charge on any atom is 0.337 e. The molecule has 0 aromatic heterocycles. The normalized spacial score (nSPS) is 11.1. The van der Waals surface area contributed by atoms with Crippen LogP contribution in [0.25, 0.3) is 0 Å². The molecule has 0 amide bonds. The van der Waals surface area contributed by atoms with Crippen LogP contribution in [-0.4, -0.2) is 25.7 Å². The third kappa shape index (κ3) is 2.69. The van der Waals surface area contributed by atoms with Crippen LogP contribution < -0.4 is 3.33 Å². The molecule has 0 aliphatic heterocycles. The van der Waals surface area contributed by atoms with E-state index in [2.05, 4.69) is 16.1 Å². The summed E-state index contributed by atoms with van der Waals surface area (Å²) in [6.45, 7) is 0. The molecule has 0 fully saturated rings. The Hall–Kier alpha value is -1.08. The molecule has 1 aromatic carbocycles. The van der Waals surface area contributed by atoms with E-state index in [1.54, 1.807) is 6.07 Å². The molecular formula is C8H8BrNO4S. The van der Waals surface area contributed by atoms with Gasteiger partial charge in [-0.1, -0.05) is 12.1 Å². The fraction of sp³-hybridized carbons (Fsp3) is 0.125. The van der Waals surface area contributed by atoms with E-state index in [0.29, 0.717) is 0 Å². The molecule has 7 heteroatoms. The quantitative estimate of drug-likeness (QED) is 0.856. The summed E-state index contributed by atoms with van der Waals surface area (Å²) >= 11 is 2.81. The van der Waals surface area contributed by atoms with Crippen molar-refractivity contribution in [3.05, 3.63) is 29.8 Å². The van der Waals surface area contributed by atoms with Gasteiger partial charge in [0.15, 0.2) is 0 Å². The Labute approximate surface area is 95.7 Å². The average molecular weight is 294 g/mol. The number of carbonyl (C=O) groups is 1. The molecule has 1 aromatic rings. The molecular weight excluding hydrogens is 286 g/mol. The highest BCUT2D eigenvalue weighted by atomic mass is 79.9. The number of carboxylic acid groups (broad SMARTS) is 1. The lowest BCUT2D eigenvalue weighted by Gasteiger charge is -2.15. The molecule has 0 aliphatic carbocycles. The highest BCUT2D eigenvalue weighted by Gasteiger charge is 2.20. The third-order valence-electron chi connectivity index (χ3n) is 1.62. The van der Waals surface area contributed by atoms with Crippen LogP contribution in [0.5, 0.6) is 0 Å². The highest BCUT2D eigenvalue weighted by Crippen LogP contribution is 2.25. The summed E-state index contributed by atoms with van der Waals surface area (Å²) in [5.74, 6) is -1.18. The monoisotopic (exact) mass is 293 g/mol. The number of anilines is 1. The number of sulfonamides is 1. The van der Waals surface area contributed by atoms with Gasteiger partial charge < -0.3 is 5.11 Å². The Balaban J connectivity index is 3.32. The first-order chi connectivity index (χ1) is 6.84. The standard InChI is InChI=1S/C8H8BrNO4S/c1-15(13,14)10(9)7-5-3-2-4-6(7)8(11)12/h2-5H,1H3,(H,11,12). The molecule has 0 aliphatic rings. The lowest BCUT2D eigenvalue weighted by molar-refractivity contribution is 0.0698. The number of hydrogen-bond acceptors (Lipinski definition) is 3. The zero-order valence-corrected chi connectivity index (χ0v) is 10.1. The number of aromatic carboxylic acids is 1. The van der Waals surface area contributed by atoms with Crippen LogP contribution in [0.2, 0.25) is 0 Å². The predicted molar refractivity (Wildman–Crippen MR) is 59.7 cm³/mol. The number of nitrogens with zero attached hydrogens (tertiary/aromatic N) is 1. The second-order valence-electron chi connectivity index (χ2n) is 2.80. The van der Waals surface area contributed by atoms with E-state index in [1.807, 2.05) is 0 Å². The van der Waals surface area contributed by atoms with Gasteiger partial charge in [-0.25, -0.2) is 16.5 Å². The van der Waals surface area contributed by atoms with Gasteiger partial charge in [-0.05, 0) is 12.1 Å². The second-order valence-corrected chi connectivity index (χ2v) is 5.81. The Kier molecular flexibility index (Phi) is 3.35. The largest absolute Gasteiger partial charge is 0.478 e. The second kappa shape index (κ2) is 4.19. The van der Waals surface area contributed by atoms with Gasteiger partial charge in [0, 0.05) is 0 Å². The fourth-order valence-electron chi connectivity index (χ4n) is 0.986. The predicted octanol–water partition coefficient (Wildman–Crippen LogP) is 1.46. The molecule has 0 heterocycles. The van der Waals surface area contributed by atoms with E-state index in [0.717, 1.165) is 9.59 Å². The van der Waals surface area contributed by atoms with Gasteiger partial charge in [-0.3, -0.25) is 0 Å². The van der Waals surface area contributed by atoms with Gasteiger partial charge in [0.2, 0.25) is 10.0 Å². The van der Waals surface area contributed by atoms with E-state index >= 15 is 0 Å². The molecule has 0 spiro atoms. The van der Waals surface area contributed by atoms with Crippen molar-refractivity contribution in [2.45, 2.75) is 0 Å². The number of carboxylic acids is 1. The number of benzene rings is 1. The number of halogens is 1. The van der Waals surface area contributed by atoms with Crippen LogP contribution in [0, 0.1) is 0 Å². The Morgan fingerprint density at radius 2 is 1.93 bits per heavy atom. The first kappa shape index (κ1) is 12.0. The molecule has 0 bridgehead atoms. The first-order valence-corrected chi connectivity index (χ1v) is 6.38. The summed E-state index contributed by atoms with van der Waals surface area (Å²) in [6, 6.07) is 5.81. The van der Waals surface area contributed by atoms with E-state index < -0.39 is 16.0 Å². The topological polar surface area (TPSA) is 74.7 Å². The average Bonchev–Trinajstić information content (AvgIpc) is 2.15. The molecule has 5 nitrogen and oxygen atoms in total. The molecule has 0 radical (unpaired) electrons. The first-order valence-electron chi connectivity index (χ1n) is 3.82. The summed E-state index contributed by atoms with van der Waals surface area (Å²) in [5, 5.41) is 8.84. The molecule has 0 unspecified atom stereocenters. The van der Waals surface area contributed by atoms with Crippen molar-refractivity contribution in [3.63, 3.8) is 0 Å². The minimum Gasteiger partial charge on any atom is -0.478 e. The van der Waals surface area contributed by atoms with Gasteiger partial charge in [0.05, 0.1) is 33.7 Å². The lowest BCUT2D eigenvalue weighted by atomic mass is 10.2. The van der Waals surface area contributed by atoms with Crippen molar-refractivity contribution in [1.82, 2.24) is 0 Å². The Bertz CT molecular complexity index is 485. The zero-order chi connectivity index (χ0) is 11.6. The van der Waals surface area contributed by atoms with Crippen LogP contribution >= 0.6 is 16.1 Å². The van der Waals surface area contributed by atoms with Crippen molar-refractivity contribution in [1.29, 1.82) is 0 Å². The molecule has 15 heavy (non-hydrogen) atoms. The summed E-state index contributed by atoms with van der Waals surface area (Å²) in [6.07, 6.45) is 0.973. The van der Waals surface area contributed by atoms with Crippen LogP contribution in [0.15, 0.2) is 24.3 Å². The molecule has 1 rings (SSSR count). The van der Waals surface area contributed by atoms with Crippen molar-refractivity contribution < 1.29 is 18.3 Å². The van der Waals surface area contributed by atoms with Gasteiger partial charge in [-0.2, -0.15) is 0 Å². The summed E-state index contributed by atoms with van der Waals surface area (Å²) < 4.78 is 23.1. The lowest BCUT2D eigenvalue weighted by Crippen LogP contribution is -2.20. The fourth-order valence-corrected chi connectivity index (χ4v) is 1.81. The molecule has 0 saturated heterocycles.